The summed E-state index contributed by atoms with van der Waals surface area (Å²) in [5.74, 6) is -1.60. The molecule has 0 atom stereocenters. The normalized spacial score (nSPS) is 15.4. The summed E-state index contributed by atoms with van der Waals surface area (Å²) in [4.78, 5) is 34.2. The van der Waals surface area contributed by atoms with Gasteiger partial charge in [-0.05, 0) is 49.8 Å². The van der Waals surface area contributed by atoms with E-state index in [-0.39, 0.29) is 16.3 Å². The monoisotopic (exact) mass is 359 g/mol. The van der Waals surface area contributed by atoms with Crippen LogP contribution < -0.4 is 10.6 Å². The SMILES string of the molecule is Cc1cc(/C=C2\NC(=O)NC2=O)c(C)n1-c1ccc(Cl)c(C(=O)O)c1. The van der Waals surface area contributed by atoms with Crippen molar-refractivity contribution >= 4 is 35.6 Å². The van der Waals surface area contributed by atoms with Gasteiger partial charge in [-0.1, -0.05) is 11.6 Å². The number of nitrogens with one attached hydrogen (secondary N) is 2. The van der Waals surface area contributed by atoms with Crippen LogP contribution in [0, 0.1) is 13.8 Å². The predicted molar refractivity (Wildman–Crippen MR) is 91.9 cm³/mol. The van der Waals surface area contributed by atoms with Gasteiger partial charge in [0.15, 0.2) is 0 Å². The Morgan fingerprint density at radius 3 is 2.52 bits per heavy atom. The summed E-state index contributed by atoms with van der Waals surface area (Å²) in [5, 5.41) is 14.0. The fraction of sp³-hybridized carbons (Fsp3) is 0.118. The van der Waals surface area contributed by atoms with Gasteiger partial charge in [0.05, 0.1) is 10.6 Å². The van der Waals surface area contributed by atoms with Crippen LogP contribution in [0.4, 0.5) is 4.79 Å². The molecule has 0 radical (unpaired) electrons. The lowest BCUT2D eigenvalue weighted by atomic mass is 10.2. The van der Waals surface area contributed by atoms with Crippen molar-refractivity contribution in [3.63, 3.8) is 0 Å². The van der Waals surface area contributed by atoms with E-state index in [2.05, 4.69) is 10.6 Å². The molecule has 7 nitrogen and oxygen atoms in total. The number of urea groups is 1. The number of nitrogens with zero attached hydrogens (tertiary/aromatic N) is 1. The molecule has 1 aromatic carbocycles. The molecule has 0 saturated carbocycles. The molecule has 1 fully saturated rings. The molecule has 0 spiro atoms. The number of aryl methyl sites for hydroxylation is 1. The quantitative estimate of drug-likeness (QED) is 0.579. The minimum absolute atomic E-state index is 0.00834. The van der Waals surface area contributed by atoms with E-state index in [9.17, 15) is 19.5 Å². The molecular weight excluding hydrogens is 346 g/mol. The number of amides is 3. The van der Waals surface area contributed by atoms with E-state index in [0.717, 1.165) is 17.0 Å². The summed E-state index contributed by atoms with van der Waals surface area (Å²) < 4.78 is 1.85. The van der Waals surface area contributed by atoms with Gasteiger partial charge in [0, 0.05) is 17.1 Å². The van der Waals surface area contributed by atoms with E-state index in [0.29, 0.717) is 5.69 Å². The largest absolute Gasteiger partial charge is 0.478 e. The maximum atomic E-state index is 11.7. The molecule has 1 aliphatic heterocycles. The topological polar surface area (TPSA) is 100 Å². The Labute approximate surface area is 147 Å². The summed E-state index contributed by atoms with van der Waals surface area (Å²) in [7, 11) is 0. The van der Waals surface area contributed by atoms with Crippen LogP contribution in [-0.2, 0) is 4.79 Å². The van der Waals surface area contributed by atoms with E-state index >= 15 is 0 Å². The van der Waals surface area contributed by atoms with Crippen molar-refractivity contribution in [1.29, 1.82) is 0 Å². The van der Waals surface area contributed by atoms with E-state index in [4.69, 9.17) is 11.6 Å². The first kappa shape index (κ1) is 16.8. The van der Waals surface area contributed by atoms with E-state index in [1.165, 1.54) is 12.1 Å². The molecule has 3 N–H and O–H groups in total. The third kappa shape index (κ3) is 3.01. The Morgan fingerprint density at radius 1 is 1.20 bits per heavy atom. The first-order chi connectivity index (χ1) is 11.8. The Bertz CT molecular complexity index is 959. The summed E-state index contributed by atoms with van der Waals surface area (Å²) in [6, 6.07) is 6.02. The van der Waals surface area contributed by atoms with Crippen molar-refractivity contribution in [2.24, 2.45) is 0 Å². The minimum Gasteiger partial charge on any atom is -0.478 e. The molecule has 8 heteroatoms. The number of halogens is 1. The molecule has 0 unspecified atom stereocenters. The molecule has 3 amide bonds. The Morgan fingerprint density at radius 2 is 1.92 bits per heavy atom. The van der Waals surface area contributed by atoms with Gasteiger partial charge < -0.3 is 15.0 Å². The maximum absolute atomic E-state index is 11.7. The Balaban J connectivity index is 2.08. The van der Waals surface area contributed by atoms with Gasteiger partial charge in [0.25, 0.3) is 5.91 Å². The van der Waals surface area contributed by atoms with Crippen molar-refractivity contribution in [1.82, 2.24) is 15.2 Å². The number of carboxylic acids is 1. The number of aromatic nitrogens is 1. The van der Waals surface area contributed by atoms with Crippen LogP contribution in [0.1, 0.15) is 27.3 Å². The number of carbonyl (C=O) groups is 3. The summed E-state index contributed by atoms with van der Waals surface area (Å²) in [5.41, 5.74) is 3.17. The molecule has 1 aromatic heterocycles. The lowest BCUT2D eigenvalue weighted by molar-refractivity contribution is -0.115. The molecule has 0 aliphatic carbocycles. The molecule has 2 heterocycles. The lowest BCUT2D eigenvalue weighted by Crippen LogP contribution is -2.22. The molecule has 1 saturated heterocycles. The number of carbonyl (C=O) groups excluding carboxylic acids is 2. The van der Waals surface area contributed by atoms with Gasteiger partial charge >= 0.3 is 12.0 Å². The summed E-state index contributed by atoms with van der Waals surface area (Å²) in [6.07, 6.45) is 1.58. The molecule has 2 aromatic rings. The van der Waals surface area contributed by atoms with Crippen LogP contribution >= 0.6 is 11.6 Å². The highest BCUT2D eigenvalue weighted by Crippen LogP contribution is 2.26. The van der Waals surface area contributed by atoms with Gasteiger partial charge in [-0.25, -0.2) is 9.59 Å². The highest BCUT2D eigenvalue weighted by atomic mass is 35.5. The standard InChI is InChI=1S/C17H14ClN3O4/c1-8-5-10(6-14-15(22)20-17(25)19-14)9(2)21(8)11-3-4-13(18)12(7-11)16(23)24/h3-7H,1-2H3,(H,23,24)(H2,19,20,22,25)/b14-6-. The van der Waals surface area contributed by atoms with Crippen LogP contribution in [0.5, 0.6) is 0 Å². The lowest BCUT2D eigenvalue weighted by Gasteiger charge is -2.11. The minimum atomic E-state index is -1.11. The highest BCUT2D eigenvalue weighted by molar-refractivity contribution is 6.33. The Kier molecular flexibility index (Phi) is 4.10. The van der Waals surface area contributed by atoms with E-state index in [1.54, 1.807) is 12.1 Å². The van der Waals surface area contributed by atoms with Crippen LogP contribution in [0.3, 0.4) is 0 Å². The van der Waals surface area contributed by atoms with E-state index < -0.39 is 17.9 Å². The predicted octanol–water partition coefficient (Wildman–Crippen LogP) is 2.63. The van der Waals surface area contributed by atoms with Gasteiger partial charge in [0.2, 0.25) is 0 Å². The first-order valence-corrected chi connectivity index (χ1v) is 7.72. The second-order valence-corrected chi connectivity index (χ2v) is 6.00. The van der Waals surface area contributed by atoms with Gasteiger partial charge in [-0.3, -0.25) is 10.1 Å². The van der Waals surface area contributed by atoms with Crippen LogP contribution in [0.25, 0.3) is 11.8 Å². The van der Waals surface area contributed by atoms with Crippen molar-refractivity contribution < 1.29 is 19.5 Å². The zero-order valence-corrected chi connectivity index (χ0v) is 14.1. The Hall–Kier alpha value is -3.06. The average molecular weight is 360 g/mol. The maximum Gasteiger partial charge on any atom is 0.337 e. The van der Waals surface area contributed by atoms with Gasteiger partial charge in [0.1, 0.15) is 5.70 Å². The first-order valence-electron chi connectivity index (χ1n) is 7.34. The van der Waals surface area contributed by atoms with E-state index in [1.807, 2.05) is 24.5 Å². The summed E-state index contributed by atoms with van der Waals surface area (Å²) in [6.45, 7) is 3.69. The molecule has 3 rings (SSSR count). The molecule has 128 valence electrons. The van der Waals surface area contributed by atoms with Gasteiger partial charge in [-0.15, -0.1) is 0 Å². The molecular formula is C17H14ClN3O4. The van der Waals surface area contributed by atoms with Crippen LogP contribution in [0.15, 0.2) is 30.0 Å². The van der Waals surface area contributed by atoms with Crippen LogP contribution in [-0.4, -0.2) is 27.6 Å². The average Bonchev–Trinajstić information content (AvgIpc) is 2.99. The third-order valence-corrected chi connectivity index (χ3v) is 4.26. The van der Waals surface area contributed by atoms with Gasteiger partial charge in [-0.2, -0.15) is 0 Å². The third-order valence-electron chi connectivity index (χ3n) is 3.93. The zero-order valence-electron chi connectivity index (χ0n) is 13.4. The number of hydrogen-bond donors (Lipinski definition) is 3. The van der Waals surface area contributed by atoms with Crippen molar-refractivity contribution in [3.05, 3.63) is 57.5 Å². The molecule has 1 aliphatic rings. The number of hydrogen-bond acceptors (Lipinski definition) is 3. The smallest absolute Gasteiger partial charge is 0.337 e. The molecule has 0 bridgehead atoms. The van der Waals surface area contributed by atoms with Crippen molar-refractivity contribution in [2.45, 2.75) is 13.8 Å². The van der Waals surface area contributed by atoms with Crippen molar-refractivity contribution in [3.8, 4) is 5.69 Å². The second-order valence-electron chi connectivity index (χ2n) is 5.60. The fourth-order valence-electron chi connectivity index (χ4n) is 2.79. The van der Waals surface area contributed by atoms with Crippen molar-refractivity contribution in [2.75, 3.05) is 0 Å². The number of imide groups is 1. The highest BCUT2D eigenvalue weighted by Gasteiger charge is 2.23. The zero-order chi connectivity index (χ0) is 18.3. The second kappa shape index (κ2) is 6.10. The summed E-state index contributed by atoms with van der Waals surface area (Å²) >= 11 is 5.92. The number of carboxylic acid groups (broad SMARTS) is 1. The number of aromatic carboxylic acids is 1. The fourth-order valence-corrected chi connectivity index (χ4v) is 2.98. The van der Waals surface area contributed by atoms with Crippen LogP contribution in [0.2, 0.25) is 5.02 Å². The molecule has 25 heavy (non-hydrogen) atoms. The number of rotatable bonds is 3. The number of benzene rings is 1.